The van der Waals surface area contributed by atoms with Crippen LogP contribution in [-0.2, 0) is 31.8 Å². The normalized spacial score (nSPS) is 21.2. The second-order valence-corrected chi connectivity index (χ2v) is 28.0. The number of rotatable bonds is 17. The SMILES string of the molecule is CCOC1(O[Si](C)(C)C)CC1.N#Cc1ccc(N2C3CCC2CN(C(=O)CCN(Cc2cccc4ncsc24)C2CC2)C3)nc1.N#Cc1ccc(N2C3CCC2CN(C(=O)CCNCc2cccc4ncsc24)C3)nc1.[HH]. The van der Waals surface area contributed by atoms with Gasteiger partial charge in [-0.1, -0.05) is 24.3 Å². The average Bonchev–Trinajstić information content (AvgIpc) is 4.22. The number of ether oxygens (including phenoxy) is 1. The zero-order chi connectivity index (χ0) is 52.8. The van der Waals surface area contributed by atoms with Crippen molar-refractivity contribution in [3.63, 3.8) is 0 Å². The molecule has 19 heteroatoms. The van der Waals surface area contributed by atoms with E-state index in [1.165, 1.54) is 33.4 Å². The van der Waals surface area contributed by atoms with E-state index in [4.69, 9.17) is 19.7 Å². The van der Waals surface area contributed by atoms with Gasteiger partial charge in [-0.15, -0.1) is 22.7 Å². The van der Waals surface area contributed by atoms with Crippen LogP contribution in [0.2, 0.25) is 19.6 Å². The van der Waals surface area contributed by atoms with Gasteiger partial charge in [0.05, 0.1) is 42.6 Å². The number of aromatic nitrogens is 4. The van der Waals surface area contributed by atoms with Crippen molar-refractivity contribution in [3.05, 3.63) is 106 Å². The number of likely N-dealkylation sites (tertiary alicyclic amines) is 2. The summed E-state index contributed by atoms with van der Waals surface area (Å²) < 4.78 is 13.9. The number of nitrogens with zero attached hydrogens (tertiary/aromatic N) is 11. The molecule has 4 saturated heterocycles. The molecule has 4 bridgehead atoms. The molecule has 2 saturated carbocycles. The smallest absolute Gasteiger partial charge is 0.224 e. The summed E-state index contributed by atoms with van der Waals surface area (Å²) in [6.45, 7) is 15.5. The lowest BCUT2D eigenvalue weighted by molar-refractivity contribution is -0.133. The van der Waals surface area contributed by atoms with Crippen molar-refractivity contribution < 1.29 is 20.2 Å². The number of anilines is 2. The summed E-state index contributed by atoms with van der Waals surface area (Å²) in [5.41, 5.74) is 9.60. The van der Waals surface area contributed by atoms with Crippen molar-refractivity contribution in [2.45, 2.75) is 140 Å². The third-order valence-electron chi connectivity index (χ3n) is 15.3. The molecule has 6 aliphatic rings. The first-order valence-corrected chi connectivity index (χ1v) is 32.3. The first-order valence-electron chi connectivity index (χ1n) is 27.2. The molecule has 12 rings (SSSR count). The molecule has 6 aromatic rings. The number of carbonyl (C=O) groups excluding carboxylic acids is 2. The number of piperazine rings is 2. The standard InChI is InChI=1S/C26H28N6OS.C23H24N6OS.C8H18O2Si.H2/c27-12-18-4-9-24(28-13-18)32-21-7-8-22(32)16-31(15-21)25(33)10-11-30(20-5-6-20)14-19-2-1-3-23-26(19)34-17-29-23;24-10-16-4-7-21(26-11-16)29-18-5-6-19(29)14-28(13-18)22(30)8-9-25-12-17-2-1-3-20-23(17)31-15-27-20;1-5-9-8(6-7-8)10-11(2,3)4;/h1-4,9,13,17,20-22H,5-8,10-11,14-16H2;1-4,7,11,15,18-19,25H,5-6,8-9,12-14H2;5-7H2,1-4H3;1H. The van der Waals surface area contributed by atoms with Gasteiger partial charge >= 0.3 is 0 Å². The van der Waals surface area contributed by atoms with Crippen molar-refractivity contribution in [1.29, 1.82) is 10.5 Å². The minimum Gasteiger partial charge on any atom is -0.391 e. The lowest BCUT2D eigenvalue weighted by atomic mass is 10.1. The third kappa shape index (κ3) is 12.9. The van der Waals surface area contributed by atoms with Crippen LogP contribution in [-0.4, -0.2) is 137 Å². The topological polar surface area (TPSA) is 180 Å². The molecule has 2 aromatic carbocycles. The monoisotopic (exact) mass is 1080 g/mol. The van der Waals surface area contributed by atoms with Crippen LogP contribution in [0.15, 0.2) is 84.1 Å². The van der Waals surface area contributed by atoms with Crippen LogP contribution in [0.1, 0.15) is 94.8 Å². The highest BCUT2D eigenvalue weighted by Crippen LogP contribution is 2.43. The molecule has 400 valence electrons. The maximum absolute atomic E-state index is 13.2. The van der Waals surface area contributed by atoms with E-state index < -0.39 is 8.32 Å². The number of benzene rings is 2. The van der Waals surface area contributed by atoms with Gasteiger partial charge in [0.25, 0.3) is 0 Å². The van der Waals surface area contributed by atoms with Gasteiger partial charge in [0.15, 0.2) is 14.1 Å². The second-order valence-electron chi connectivity index (χ2n) is 21.9. The summed E-state index contributed by atoms with van der Waals surface area (Å²) in [7, 11) is -1.39. The fourth-order valence-electron chi connectivity index (χ4n) is 11.5. The van der Waals surface area contributed by atoms with E-state index in [0.29, 0.717) is 60.7 Å². The molecule has 4 aliphatic heterocycles. The van der Waals surface area contributed by atoms with E-state index in [9.17, 15) is 9.59 Å². The van der Waals surface area contributed by atoms with Crippen molar-refractivity contribution in [2.24, 2.45) is 0 Å². The fraction of sp³-hybridized carbons (Fsp3) is 0.509. The number of hydrogen-bond acceptors (Lipinski definition) is 16. The van der Waals surface area contributed by atoms with E-state index >= 15 is 0 Å². The van der Waals surface area contributed by atoms with Crippen LogP contribution in [0.4, 0.5) is 11.6 Å². The Balaban J connectivity index is 0.000000156. The Labute approximate surface area is 457 Å². The van der Waals surface area contributed by atoms with Crippen LogP contribution in [0.5, 0.6) is 0 Å². The van der Waals surface area contributed by atoms with Crippen molar-refractivity contribution in [2.75, 3.05) is 55.7 Å². The molecule has 2 aliphatic carbocycles. The molecule has 4 unspecified atom stereocenters. The molecule has 0 spiro atoms. The molecular formula is C57H72N12O4S2Si. The lowest BCUT2D eigenvalue weighted by Gasteiger charge is -2.42. The highest BCUT2D eigenvalue weighted by atomic mass is 32.1. The molecule has 8 heterocycles. The van der Waals surface area contributed by atoms with Gasteiger partial charge in [-0.05, 0) is 113 Å². The maximum Gasteiger partial charge on any atom is 0.224 e. The Morgan fingerprint density at radius 3 is 1.70 bits per heavy atom. The fourth-order valence-corrected chi connectivity index (χ4v) is 14.5. The number of hydrogen-bond donors (Lipinski definition) is 1. The van der Waals surface area contributed by atoms with E-state index in [1.54, 1.807) is 35.1 Å². The van der Waals surface area contributed by atoms with Gasteiger partial charge in [-0.3, -0.25) is 14.5 Å². The van der Waals surface area contributed by atoms with Gasteiger partial charge in [-0.2, -0.15) is 10.5 Å². The molecule has 6 fully saturated rings. The molecule has 0 radical (unpaired) electrons. The summed E-state index contributed by atoms with van der Waals surface area (Å²) in [4.78, 5) is 55.2. The second kappa shape index (κ2) is 23.8. The van der Waals surface area contributed by atoms with Gasteiger partial charge in [-0.25, -0.2) is 19.9 Å². The van der Waals surface area contributed by atoms with Crippen molar-refractivity contribution in [1.82, 2.24) is 40.0 Å². The van der Waals surface area contributed by atoms with Crippen molar-refractivity contribution >= 4 is 74.9 Å². The Bertz CT molecular complexity index is 3020. The Morgan fingerprint density at radius 2 is 1.24 bits per heavy atom. The summed E-state index contributed by atoms with van der Waals surface area (Å²) in [5, 5.41) is 21.5. The summed E-state index contributed by atoms with van der Waals surface area (Å²) in [6.07, 6.45) is 13.3. The molecule has 1 N–H and O–H groups in total. The predicted molar refractivity (Wildman–Crippen MR) is 303 cm³/mol. The number of thiazole rings is 2. The van der Waals surface area contributed by atoms with Crippen LogP contribution < -0.4 is 15.1 Å². The first-order chi connectivity index (χ1) is 36.9. The summed E-state index contributed by atoms with van der Waals surface area (Å²) >= 11 is 3.36. The van der Waals surface area contributed by atoms with E-state index in [1.807, 2.05) is 59.2 Å². The van der Waals surface area contributed by atoms with Crippen molar-refractivity contribution in [3.8, 4) is 12.1 Å². The number of nitriles is 2. The van der Waals surface area contributed by atoms with Crippen LogP contribution in [0, 0.1) is 22.7 Å². The zero-order valence-corrected chi connectivity index (χ0v) is 46.9. The summed E-state index contributed by atoms with van der Waals surface area (Å²) in [6, 6.07) is 26.1. The molecule has 76 heavy (non-hydrogen) atoms. The zero-order valence-electron chi connectivity index (χ0n) is 44.3. The van der Waals surface area contributed by atoms with Crippen LogP contribution in [0.3, 0.4) is 0 Å². The number of pyridine rings is 2. The predicted octanol–water partition coefficient (Wildman–Crippen LogP) is 9.33. The van der Waals surface area contributed by atoms with Crippen LogP contribution in [0.25, 0.3) is 20.4 Å². The van der Waals surface area contributed by atoms with Gasteiger partial charge < -0.3 is 34.1 Å². The summed E-state index contributed by atoms with van der Waals surface area (Å²) in [5.74, 6) is 2.17. The number of fused-ring (bicyclic) bond motifs is 6. The molecule has 4 aromatic heterocycles. The molecule has 2 amide bonds. The minimum absolute atomic E-state index is 0. The van der Waals surface area contributed by atoms with Crippen LogP contribution >= 0.6 is 22.7 Å². The highest BCUT2D eigenvalue weighted by molar-refractivity contribution is 7.17. The first kappa shape index (κ1) is 53.5. The molecular weight excluding hydrogens is 1010 g/mol. The van der Waals surface area contributed by atoms with Gasteiger partial charge in [0.1, 0.15) is 23.8 Å². The molecule has 4 atom stereocenters. The van der Waals surface area contributed by atoms with E-state index in [0.717, 1.165) is 114 Å². The number of carbonyl (C=O) groups is 2. The van der Waals surface area contributed by atoms with Gasteiger partial charge in [0, 0.05) is 129 Å². The average molecular weight is 1080 g/mol. The quantitative estimate of drug-likeness (QED) is 0.0519. The maximum atomic E-state index is 13.2. The van der Waals surface area contributed by atoms with E-state index in [-0.39, 0.29) is 19.0 Å². The Hall–Kier alpha value is -5.90. The third-order valence-corrected chi connectivity index (χ3v) is 18.1. The molecule has 16 nitrogen and oxygen atoms in total. The van der Waals surface area contributed by atoms with E-state index in [2.05, 4.69) is 101 Å². The van der Waals surface area contributed by atoms with Gasteiger partial charge in [0.2, 0.25) is 11.8 Å². The minimum atomic E-state index is -1.39. The largest absolute Gasteiger partial charge is 0.391 e. The number of amides is 2. The highest BCUT2D eigenvalue weighted by Gasteiger charge is 2.48. The Morgan fingerprint density at radius 1 is 0.724 bits per heavy atom. The Kier molecular flexibility index (Phi) is 16.7. The lowest BCUT2D eigenvalue weighted by Crippen LogP contribution is -2.56. The number of nitrogens with one attached hydrogen (secondary N) is 1.